The molecule has 0 fully saturated rings. The predicted octanol–water partition coefficient (Wildman–Crippen LogP) is 2.65. The van der Waals surface area contributed by atoms with Gasteiger partial charge < -0.3 is 25.2 Å². The number of halogens is 2. The van der Waals surface area contributed by atoms with E-state index in [2.05, 4.69) is 16.2 Å². The monoisotopic (exact) mass is 386 g/mol. The van der Waals surface area contributed by atoms with Crippen LogP contribution in [0.25, 0.3) is 0 Å². The lowest BCUT2D eigenvalue weighted by Gasteiger charge is -2.19. The second kappa shape index (κ2) is 13.7. The molecule has 152 valence electrons. The molecule has 3 N–H and O–H groups in total. The van der Waals surface area contributed by atoms with Crippen LogP contribution in [0.4, 0.5) is 19.3 Å². The summed E-state index contributed by atoms with van der Waals surface area (Å²) in [6.07, 6.45) is 1.92. The molecule has 0 saturated carbocycles. The molecule has 1 rings (SSSR count). The van der Waals surface area contributed by atoms with Gasteiger partial charge in [-0.15, -0.1) is 0 Å². The summed E-state index contributed by atoms with van der Waals surface area (Å²) in [6.45, 7) is 0.761. The molecular formula is C18H28F2N4O3. The SMILES string of the molecule is CNC(=O)N(CC=O)CCCCCCNNc1cccc(OCC(F)F)c1. The van der Waals surface area contributed by atoms with Gasteiger partial charge >= 0.3 is 6.03 Å². The first-order chi connectivity index (χ1) is 13.1. The zero-order valence-electron chi connectivity index (χ0n) is 15.5. The third-order valence-electron chi connectivity index (χ3n) is 3.72. The van der Waals surface area contributed by atoms with Gasteiger partial charge in [-0.05, 0) is 25.0 Å². The quantitative estimate of drug-likeness (QED) is 0.260. The average Bonchev–Trinajstić information content (AvgIpc) is 2.67. The van der Waals surface area contributed by atoms with Crippen LogP contribution >= 0.6 is 0 Å². The fourth-order valence-corrected chi connectivity index (χ4v) is 2.38. The fraction of sp³-hybridized carbons (Fsp3) is 0.556. The lowest BCUT2D eigenvalue weighted by atomic mass is 10.2. The molecule has 27 heavy (non-hydrogen) atoms. The number of nitrogens with zero attached hydrogens (tertiary/aromatic N) is 1. The molecule has 0 radical (unpaired) electrons. The third kappa shape index (κ3) is 10.3. The lowest BCUT2D eigenvalue weighted by molar-refractivity contribution is -0.108. The van der Waals surface area contributed by atoms with Gasteiger partial charge in [0.25, 0.3) is 6.43 Å². The number of hydrazine groups is 1. The van der Waals surface area contributed by atoms with E-state index in [4.69, 9.17) is 4.74 Å². The Morgan fingerprint density at radius 1 is 1.26 bits per heavy atom. The number of carbonyl (C=O) groups is 2. The lowest BCUT2D eigenvalue weighted by Crippen LogP contribution is -2.39. The van der Waals surface area contributed by atoms with E-state index in [0.717, 1.165) is 44.2 Å². The standard InChI is InChI=1S/C18H28F2N4O3/c1-21-18(26)24(11-12-25)10-5-3-2-4-9-22-23-15-7-6-8-16(13-15)27-14-17(19)20/h6-8,12-13,17,22-23H,2-5,9-11,14H2,1H3,(H,21,26). The van der Waals surface area contributed by atoms with Gasteiger partial charge in [0.15, 0.2) is 0 Å². The molecule has 0 bridgehead atoms. The maximum Gasteiger partial charge on any atom is 0.317 e. The van der Waals surface area contributed by atoms with Gasteiger partial charge in [0.2, 0.25) is 0 Å². The Bertz CT molecular complexity index is 561. The number of rotatable bonds is 14. The van der Waals surface area contributed by atoms with Crippen LogP contribution in [0.2, 0.25) is 0 Å². The van der Waals surface area contributed by atoms with Crippen LogP contribution in [-0.2, 0) is 4.79 Å². The van der Waals surface area contributed by atoms with Crippen molar-refractivity contribution < 1.29 is 23.1 Å². The molecule has 0 aliphatic rings. The van der Waals surface area contributed by atoms with Crippen LogP contribution in [-0.4, -0.2) is 56.9 Å². The smallest absolute Gasteiger partial charge is 0.317 e. The number of alkyl halides is 2. The molecule has 0 aliphatic heterocycles. The van der Waals surface area contributed by atoms with Crippen LogP contribution in [0.15, 0.2) is 24.3 Å². The van der Waals surface area contributed by atoms with E-state index in [1.807, 2.05) is 6.07 Å². The predicted molar refractivity (Wildman–Crippen MR) is 100 cm³/mol. The Labute approximate surface area is 158 Å². The van der Waals surface area contributed by atoms with Crippen molar-refractivity contribution in [3.8, 4) is 5.75 Å². The maximum absolute atomic E-state index is 12.1. The molecule has 0 atom stereocenters. The van der Waals surface area contributed by atoms with Gasteiger partial charge in [-0.2, -0.15) is 0 Å². The van der Waals surface area contributed by atoms with Gasteiger partial charge in [0, 0.05) is 26.2 Å². The van der Waals surface area contributed by atoms with Gasteiger partial charge in [0.1, 0.15) is 18.6 Å². The molecule has 0 spiro atoms. The number of carbonyl (C=O) groups excluding carboxylic acids is 2. The molecule has 0 heterocycles. The van der Waals surface area contributed by atoms with Crippen molar-refractivity contribution in [2.75, 3.05) is 38.7 Å². The van der Waals surface area contributed by atoms with Gasteiger partial charge in [-0.1, -0.05) is 18.9 Å². The number of ether oxygens (including phenoxy) is 1. The first-order valence-electron chi connectivity index (χ1n) is 8.97. The van der Waals surface area contributed by atoms with Crippen molar-refractivity contribution in [2.45, 2.75) is 32.1 Å². The van der Waals surface area contributed by atoms with E-state index in [0.29, 0.717) is 12.3 Å². The highest BCUT2D eigenvalue weighted by Crippen LogP contribution is 2.17. The Morgan fingerprint density at radius 2 is 2.04 bits per heavy atom. The van der Waals surface area contributed by atoms with Crippen LogP contribution in [0.5, 0.6) is 5.75 Å². The fourth-order valence-electron chi connectivity index (χ4n) is 2.38. The van der Waals surface area contributed by atoms with E-state index in [1.54, 1.807) is 25.2 Å². The number of amides is 2. The van der Waals surface area contributed by atoms with Crippen LogP contribution < -0.4 is 20.9 Å². The average molecular weight is 386 g/mol. The Balaban J connectivity index is 2.12. The number of benzene rings is 1. The summed E-state index contributed by atoms with van der Waals surface area (Å²) in [5, 5.41) is 2.52. The van der Waals surface area contributed by atoms with Crippen molar-refractivity contribution in [1.29, 1.82) is 0 Å². The number of nitrogens with one attached hydrogen (secondary N) is 3. The molecule has 0 saturated heterocycles. The molecule has 0 aromatic heterocycles. The molecule has 9 heteroatoms. The van der Waals surface area contributed by atoms with Gasteiger partial charge in [0.05, 0.1) is 12.2 Å². The van der Waals surface area contributed by atoms with Crippen molar-refractivity contribution in [3.05, 3.63) is 24.3 Å². The van der Waals surface area contributed by atoms with E-state index < -0.39 is 13.0 Å². The topological polar surface area (TPSA) is 82.7 Å². The van der Waals surface area contributed by atoms with Crippen LogP contribution in [0.1, 0.15) is 25.7 Å². The molecule has 2 amide bonds. The second-order valence-corrected chi connectivity index (χ2v) is 5.86. The molecular weight excluding hydrogens is 358 g/mol. The summed E-state index contributed by atoms with van der Waals surface area (Å²) in [6, 6.07) is 6.56. The molecule has 7 nitrogen and oxygen atoms in total. The summed E-state index contributed by atoms with van der Waals surface area (Å²) < 4.78 is 29.3. The zero-order chi connectivity index (χ0) is 19.9. The number of aldehydes is 1. The Kier molecular flexibility index (Phi) is 11.5. The highest BCUT2D eigenvalue weighted by molar-refractivity contribution is 5.76. The number of anilines is 1. The van der Waals surface area contributed by atoms with E-state index >= 15 is 0 Å². The maximum atomic E-state index is 12.1. The van der Waals surface area contributed by atoms with E-state index in [9.17, 15) is 18.4 Å². The second-order valence-electron chi connectivity index (χ2n) is 5.86. The third-order valence-corrected chi connectivity index (χ3v) is 3.72. The van der Waals surface area contributed by atoms with Crippen molar-refractivity contribution in [1.82, 2.24) is 15.6 Å². The first kappa shape index (κ1) is 22.6. The molecule has 0 aliphatic carbocycles. The van der Waals surface area contributed by atoms with Crippen molar-refractivity contribution in [3.63, 3.8) is 0 Å². The minimum Gasteiger partial charge on any atom is -0.488 e. The first-order valence-corrected chi connectivity index (χ1v) is 8.97. The zero-order valence-corrected chi connectivity index (χ0v) is 15.5. The van der Waals surface area contributed by atoms with E-state index in [1.165, 1.54) is 4.90 Å². The summed E-state index contributed by atoms with van der Waals surface area (Å²) in [7, 11) is 1.54. The number of unbranched alkanes of at least 4 members (excludes halogenated alkanes) is 3. The number of hydrogen-bond acceptors (Lipinski definition) is 5. The molecule has 1 aromatic carbocycles. The summed E-state index contributed by atoms with van der Waals surface area (Å²) in [4.78, 5) is 23.6. The Morgan fingerprint density at radius 3 is 2.74 bits per heavy atom. The van der Waals surface area contributed by atoms with Gasteiger partial charge in [-0.3, -0.25) is 0 Å². The number of hydrogen-bond donors (Lipinski definition) is 3. The van der Waals surface area contributed by atoms with Crippen LogP contribution in [0.3, 0.4) is 0 Å². The summed E-state index contributed by atoms with van der Waals surface area (Å²) >= 11 is 0. The minimum absolute atomic E-state index is 0.102. The summed E-state index contributed by atoms with van der Waals surface area (Å²) in [5.41, 5.74) is 6.80. The minimum atomic E-state index is -2.50. The van der Waals surface area contributed by atoms with E-state index in [-0.39, 0.29) is 12.6 Å². The van der Waals surface area contributed by atoms with Crippen molar-refractivity contribution >= 4 is 18.0 Å². The molecule has 1 aromatic rings. The van der Waals surface area contributed by atoms with Crippen LogP contribution in [0, 0.1) is 0 Å². The van der Waals surface area contributed by atoms with Crippen molar-refractivity contribution in [2.24, 2.45) is 0 Å². The Hall–Kier alpha value is -2.42. The normalized spacial score (nSPS) is 10.5. The largest absolute Gasteiger partial charge is 0.488 e. The highest BCUT2D eigenvalue weighted by Gasteiger charge is 2.09. The summed E-state index contributed by atoms with van der Waals surface area (Å²) in [5.74, 6) is 0.387. The highest BCUT2D eigenvalue weighted by atomic mass is 19.3. The van der Waals surface area contributed by atoms with Gasteiger partial charge in [-0.25, -0.2) is 19.0 Å². The molecule has 0 unspecified atom stereocenters. The number of urea groups is 1.